The molecule has 0 aromatic heterocycles. The van der Waals surface area contributed by atoms with Crippen molar-refractivity contribution in [1.29, 1.82) is 0 Å². The van der Waals surface area contributed by atoms with E-state index in [1.165, 1.54) is 19.2 Å². The number of nitrogens with one attached hydrogen (secondary N) is 1. The molecular formula is C12H17NO6S. The molecule has 112 valence electrons. The van der Waals surface area contributed by atoms with Gasteiger partial charge in [0.25, 0.3) is 0 Å². The number of aliphatic hydroxyl groups is 1. The fraction of sp³-hybridized carbons (Fsp3) is 0.417. The van der Waals surface area contributed by atoms with Crippen molar-refractivity contribution < 1.29 is 28.2 Å². The maximum atomic E-state index is 12.1. The summed E-state index contributed by atoms with van der Waals surface area (Å²) < 4.78 is 31.4. The van der Waals surface area contributed by atoms with Gasteiger partial charge in [0.1, 0.15) is 10.6 Å². The Hall–Kier alpha value is -1.64. The van der Waals surface area contributed by atoms with Gasteiger partial charge in [-0.25, -0.2) is 17.9 Å². The summed E-state index contributed by atoms with van der Waals surface area (Å²) in [6, 6.07) is 3.58. The Balaban J connectivity index is 3.08. The highest BCUT2D eigenvalue weighted by atomic mass is 32.2. The molecule has 0 aliphatic carbocycles. The second kappa shape index (κ2) is 6.69. The molecule has 1 atom stereocenters. The first kappa shape index (κ1) is 16.4. The average molecular weight is 303 g/mol. The third kappa shape index (κ3) is 4.19. The maximum Gasteiger partial charge on any atom is 0.335 e. The van der Waals surface area contributed by atoms with E-state index in [1.807, 2.05) is 0 Å². The van der Waals surface area contributed by atoms with E-state index in [-0.39, 0.29) is 29.2 Å². The number of carbonyl (C=O) groups is 1. The molecule has 0 saturated carbocycles. The van der Waals surface area contributed by atoms with E-state index >= 15 is 0 Å². The number of carboxylic acid groups (broad SMARTS) is 1. The molecule has 0 fully saturated rings. The minimum atomic E-state index is -3.90. The van der Waals surface area contributed by atoms with Crippen LogP contribution in [0.1, 0.15) is 23.7 Å². The Morgan fingerprint density at radius 2 is 2.10 bits per heavy atom. The van der Waals surface area contributed by atoms with Gasteiger partial charge in [0.05, 0.1) is 18.8 Å². The van der Waals surface area contributed by atoms with Gasteiger partial charge in [-0.05, 0) is 31.5 Å². The van der Waals surface area contributed by atoms with Crippen LogP contribution >= 0.6 is 0 Å². The van der Waals surface area contributed by atoms with Gasteiger partial charge in [-0.15, -0.1) is 0 Å². The van der Waals surface area contributed by atoms with Gasteiger partial charge in [-0.1, -0.05) is 0 Å². The van der Waals surface area contributed by atoms with E-state index in [2.05, 4.69) is 4.72 Å². The van der Waals surface area contributed by atoms with Gasteiger partial charge in [-0.2, -0.15) is 0 Å². The molecule has 0 aliphatic heterocycles. The monoisotopic (exact) mass is 303 g/mol. The molecule has 0 bridgehead atoms. The minimum Gasteiger partial charge on any atom is -0.495 e. The fourth-order valence-electron chi connectivity index (χ4n) is 1.50. The molecular weight excluding hydrogens is 286 g/mol. The molecule has 1 rings (SSSR count). The summed E-state index contributed by atoms with van der Waals surface area (Å²) in [6.07, 6.45) is -0.384. The van der Waals surface area contributed by atoms with Crippen molar-refractivity contribution in [3.05, 3.63) is 23.8 Å². The van der Waals surface area contributed by atoms with Gasteiger partial charge in [0.2, 0.25) is 10.0 Å². The van der Waals surface area contributed by atoms with Gasteiger partial charge >= 0.3 is 5.97 Å². The highest BCUT2D eigenvalue weighted by molar-refractivity contribution is 7.89. The van der Waals surface area contributed by atoms with Crippen molar-refractivity contribution in [3.63, 3.8) is 0 Å². The minimum absolute atomic E-state index is 0.0421. The van der Waals surface area contributed by atoms with E-state index in [0.29, 0.717) is 0 Å². The summed E-state index contributed by atoms with van der Waals surface area (Å²) >= 11 is 0. The van der Waals surface area contributed by atoms with Crippen LogP contribution in [0.5, 0.6) is 5.75 Å². The number of sulfonamides is 1. The van der Waals surface area contributed by atoms with Crippen molar-refractivity contribution in [2.45, 2.75) is 24.3 Å². The zero-order valence-electron chi connectivity index (χ0n) is 11.2. The highest BCUT2D eigenvalue weighted by Crippen LogP contribution is 2.24. The number of aliphatic hydroxyl groups excluding tert-OH is 1. The molecule has 0 radical (unpaired) electrons. The first-order valence-corrected chi connectivity index (χ1v) is 7.35. The average Bonchev–Trinajstić information content (AvgIpc) is 2.37. The number of aromatic carboxylic acids is 1. The van der Waals surface area contributed by atoms with Gasteiger partial charge in [0.15, 0.2) is 0 Å². The molecule has 8 heteroatoms. The number of hydrogen-bond acceptors (Lipinski definition) is 5. The van der Waals surface area contributed by atoms with Crippen molar-refractivity contribution in [2.24, 2.45) is 0 Å². The second-order valence-electron chi connectivity index (χ2n) is 4.21. The van der Waals surface area contributed by atoms with Crippen LogP contribution < -0.4 is 9.46 Å². The van der Waals surface area contributed by atoms with Crippen LogP contribution in [0.25, 0.3) is 0 Å². The molecule has 0 amide bonds. The molecule has 3 N–H and O–H groups in total. The number of ether oxygens (including phenoxy) is 1. The Morgan fingerprint density at radius 1 is 1.45 bits per heavy atom. The molecule has 1 aromatic rings. The SMILES string of the molecule is COc1ccc(C(=O)O)cc1S(=O)(=O)NCCC(C)O. The largest absolute Gasteiger partial charge is 0.495 e. The first-order valence-electron chi connectivity index (χ1n) is 5.87. The zero-order chi connectivity index (χ0) is 15.3. The van der Waals surface area contributed by atoms with Crippen LogP contribution in [0.3, 0.4) is 0 Å². The second-order valence-corrected chi connectivity index (χ2v) is 5.94. The van der Waals surface area contributed by atoms with Crippen LogP contribution in [0, 0.1) is 0 Å². The van der Waals surface area contributed by atoms with Crippen molar-refractivity contribution in [2.75, 3.05) is 13.7 Å². The van der Waals surface area contributed by atoms with E-state index in [4.69, 9.17) is 14.9 Å². The fourth-order valence-corrected chi connectivity index (χ4v) is 2.74. The Bertz CT molecular complexity index is 582. The predicted octanol–water partition coefficient (Wildman–Crippen LogP) is 0.443. The van der Waals surface area contributed by atoms with Crippen LogP contribution in [0.2, 0.25) is 0 Å². The summed E-state index contributed by atoms with van der Waals surface area (Å²) in [7, 11) is -2.61. The summed E-state index contributed by atoms with van der Waals surface area (Å²) in [5.74, 6) is -1.17. The normalized spacial score (nSPS) is 12.9. The predicted molar refractivity (Wildman–Crippen MR) is 71.4 cm³/mol. The van der Waals surface area contributed by atoms with Gasteiger partial charge in [-0.3, -0.25) is 0 Å². The third-order valence-electron chi connectivity index (χ3n) is 2.55. The highest BCUT2D eigenvalue weighted by Gasteiger charge is 2.21. The Labute approximate surface area is 117 Å². The van der Waals surface area contributed by atoms with Gasteiger partial charge < -0.3 is 14.9 Å². The lowest BCUT2D eigenvalue weighted by Crippen LogP contribution is -2.27. The molecule has 1 unspecified atom stereocenters. The van der Waals surface area contributed by atoms with Crippen LogP contribution in [0.4, 0.5) is 0 Å². The quantitative estimate of drug-likeness (QED) is 0.674. The molecule has 0 spiro atoms. The number of rotatable bonds is 7. The lowest BCUT2D eigenvalue weighted by atomic mass is 10.2. The molecule has 1 aromatic carbocycles. The number of methoxy groups -OCH3 is 1. The van der Waals surface area contributed by atoms with E-state index in [1.54, 1.807) is 6.92 Å². The first-order chi connectivity index (χ1) is 9.27. The third-order valence-corrected chi connectivity index (χ3v) is 4.04. The lowest BCUT2D eigenvalue weighted by Gasteiger charge is -2.12. The molecule has 0 saturated heterocycles. The van der Waals surface area contributed by atoms with Crippen LogP contribution in [-0.4, -0.2) is 44.4 Å². The van der Waals surface area contributed by atoms with E-state index < -0.39 is 22.1 Å². The van der Waals surface area contributed by atoms with Crippen LogP contribution in [-0.2, 0) is 10.0 Å². The van der Waals surface area contributed by atoms with Crippen molar-refractivity contribution in [3.8, 4) is 5.75 Å². The Morgan fingerprint density at radius 3 is 2.60 bits per heavy atom. The van der Waals surface area contributed by atoms with Gasteiger partial charge in [0, 0.05) is 6.54 Å². The summed E-state index contributed by atoms with van der Waals surface area (Å²) in [6.45, 7) is 1.58. The molecule has 0 aliphatic rings. The summed E-state index contributed by atoms with van der Waals surface area (Å²) in [5, 5.41) is 18.0. The van der Waals surface area contributed by atoms with E-state index in [9.17, 15) is 13.2 Å². The van der Waals surface area contributed by atoms with Crippen molar-refractivity contribution in [1.82, 2.24) is 4.72 Å². The molecule has 7 nitrogen and oxygen atoms in total. The summed E-state index contributed by atoms with van der Waals surface area (Å²) in [4.78, 5) is 10.6. The standard InChI is InChI=1S/C12H17NO6S/c1-8(14)5-6-13-20(17,18)11-7-9(12(15)16)3-4-10(11)19-2/h3-4,7-8,13-14H,5-6H2,1-2H3,(H,15,16). The lowest BCUT2D eigenvalue weighted by molar-refractivity contribution is 0.0696. The van der Waals surface area contributed by atoms with Crippen LogP contribution in [0.15, 0.2) is 23.1 Å². The molecule has 20 heavy (non-hydrogen) atoms. The van der Waals surface area contributed by atoms with E-state index in [0.717, 1.165) is 6.07 Å². The Kier molecular flexibility index (Phi) is 5.49. The topological polar surface area (TPSA) is 113 Å². The maximum absolute atomic E-state index is 12.1. The summed E-state index contributed by atoms with van der Waals surface area (Å²) in [5.41, 5.74) is -0.151. The number of carboxylic acids is 1. The smallest absolute Gasteiger partial charge is 0.335 e. The molecule has 0 heterocycles. The zero-order valence-corrected chi connectivity index (χ0v) is 12.0. The number of hydrogen-bond donors (Lipinski definition) is 3. The number of benzene rings is 1. The van der Waals surface area contributed by atoms with Crippen molar-refractivity contribution >= 4 is 16.0 Å².